The number of ether oxygens (including phenoxy) is 1. The van der Waals surface area contributed by atoms with Crippen LogP contribution in [0.3, 0.4) is 0 Å². The van der Waals surface area contributed by atoms with Crippen LogP contribution in [0.5, 0.6) is 0 Å². The lowest BCUT2D eigenvalue weighted by Gasteiger charge is -2.04. The maximum absolute atomic E-state index is 11.7. The highest BCUT2D eigenvalue weighted by Gasteiger charge is 2.18. The number of aromatic nitrogens is 4. The summed E-state index contributed by atoms with van der Waals surface area (Å²) in [6.45, 7) is 2.04. The predicted molar refractivity (Wildman–Crippen MR) is 77.7 cm³/mol. The molecule has 3 aromatic rings. The number of carbonyl (C=O) groups excluding carboxylic acids is 1. The van der Waals surface area contributed by atoms with Gasteiger partial charge in [0.2, 0.25) is 0 Å². The zero-order valence-corrected chi connectivity index (χ0v) is 11.8. The number of pyridine rings is 1. The van der Waals surface area contributed by atoms with Gasteiger partial charge in [-0.15, -0.1) is 5.10 Å². The van der Waals surface area contributed by atoms with Crippen LogP contribution in [0, 0.1) is 0 Å². The second-order valence-corrected chi connectivity index (χ2v) is 4.48. The summed E-state index contributed by atoms with van der Waals surface area (Å²) in [5.41, 5.74) is 1.75. The third-order valence-corrected chi connectivity index (χ3v) is 3.11. The molecule has 0 fully saturated rings. The smallest absolute Gasteiger partial charge is 0.378 e. The Morgan fingerprint density at radius 2 is 2.10 bits per heavy atom. The molecule has 0 N–H and O–H groups in total. The number of fused-ring (bicyclic) bond motifs is 1. The van der Waals surface area contributed by atoms with Gasteiger partial charge in [-0.2, -0.15) is 0 Å². The van der Waals surface area contributed by atoms with Crippen LogP contribution in [-0.4, -0.2) is 32.3 Å². The van der Waals surface area contributed by atoms with E-state index in [1.165, 1.54) is 0 Å². The SMILES string of the molecule is CCOC(=O)c1nc(-c2ccnc3ccccc23)n(C)n1. The molecule has 0 radical (unpaired) electrons. The van der Waals surface area contributed by atoms with E-state index in [-0.39, 0.29) is 5.82 Å². The Morgan fingerprint density at radius 3 is 2.90 bits per heavy atom. The van der Waals surface area contributed by atoms with Crippen LogP contribution in [0.4, 0.5) is 0 Å². The number of aryl methyl sites for hydroxylation is 1. The maximum Gasteiger partial charge on any atom is 0.378 e. The van der Waals surface area contributed by atoms with E-state index in [2.05, 4.69) is 15.1 Å². The van der Waals surface area contributed by atoms with Gasteiger partial charge in [0.05, 0.1) is 12.1 Å². The van der Waals surface area contributed by atoms with Gasteiger partial charge in [-0.3, -0.25) is 4.98 Å². The van der Waals surface area contributed by atoms with Crippen molar-refractivity contribution < 1.29 is 9.53 Å². The minimum absolute atomic E-state index is 0.0650. The first-order valence-corrected chi connectivity index (χ1v) is 6.63. The van der Waals surface area contributed by atoms with E-state index in [0.717, 1.165) is 16.5 Å². The van der Waals surface area contributed by atoms with Gasteiger partial charge in [-0.05, 0) is 19.1 Å². The molecule has 0 aliphatic heterocycles. The lowest BCUT2D eigenvalue weighted by molar-refractivity contribution is 0.0512. The van der Waals surface area contributed by atoms with Crippen LogP contribution < -0.4 is 0 Å². The summed E-state index contributed by atoms with van der Waals surface area (Å²) < 4.78 is 6.51. The van der Waals surface area contributed by atoms with Gasteiger partial charge in [0.1, 0.15) is 0 Å². The van der Waals surface area contributed by atoms with Crippen LogP contribution in [0.1, 0.15) is 17.5 Å². The third kappa shape index (κ3) is 2.35. The van der Waals surface area contributed by atoms with E-state index < -0.39 is 5.97 Å². The Kier molecular flexibility index (Phi) is 3.35. The van der Waals surface area contributed by atoms with E-state index >= 15 is 0 Å². The first kappa shape index (κ1) is 13.2. The number of para-hydroxylation sites is 1. The number of benzene rings is 1. The average Bonchev–Trinajstić information content (AvgIpc) is 2.89. The molecule has 2 aromatic heterocycles. The lowest BCUT2D eigenvalue weighted by atomic mass is 10.1. The summed E-state index contributed by atoms with van der Waals surface area (Å²) in [5.74, 6) is 0.157. The van der Waals surface area contributed by atoms with Crippen molar-refractivity contribution in [3.05, 3.63) is 42.4 Å². The molecule has 3 rings (SSSR count). The van der Waals surface area contributed by atoms with Crippen LogP contribution in [0.15, 0.2) is 36.5 Å². The van der Waals surface area contributed by atoms with Crippen LogP contribution in [-0.2, 0) is 11.8 Å². The summed E-state index contributed by atoms with van der Waals surface area (Å²) in [7, 11) is 1.75. The van der Waals surface area contributed by atoms with Gasteiger partial charge in [0.25, 0.3) is 5.82 Å². The number of hydrogen-bond acceptors (Lipinski definition) is 5. The first-order chi connectivity index (χ1) is 10.2. The van der Waals surface area contributed by atoms with Crippen molar-refractivity contribution in [1.29, 1.82) is 0 Å². The molecule has 106 valence electrons. The standard InChI is InChI=1S/C15H14N4O2/c1-3-21-15(20)13-17-14(19(2)18-13)11-8-9-16-12-7-5-4-6-10(11)12/h4-9H,3H2,1-2H3. The van der Waals surface area contributed by atoms with Crippen molar-refractivity contribution in [2.75, 3.05) is 6.61 Å². The molecular formula is C15H14N4O2. The molecule has 0 saturated heterocycles. The Morgan fingerprint density at radius 1 is 1.29 bits per heavy atom. The van der Waals surface area contributed by atoms with Gasteiger partial charge >= 0.3 is 5.97 Å². The fourth-order valence-electron chi connectivity index (χ4n) is 2.19. The molecule has 21 heavy (non-hydrogen) atoms. The Bertz CT molecular complexity index is 805. The highest BCUT2D eigenvalue weighted by molar-refractivity contribution is 5.93. The molecule has 0 saturated carbocycles. The van der Waals surface area contributed by atoms with Crippen molar-refractivity contribution in [3.8, 4) is 11.4 Å². The largest absolute Gasteiger partial charge is 0.460 e. The van der Waals surface area contributed by atoms with Crippen molar-refractivity contribution >= 4 is 16.9 Å². The average molecular weight is 282 g/mol. The summed E-state index contributed by atoms with van der Waals surface area (Å²) in [4.78, 5) is 20.3. The molecule has 0 atom stereocenters. The summed E-state index contributed by atoms with van der Waals surface area (Å²) in [5, 5.41) is 5.09. The van der Waals surface area contributed by atoms with Crippen LogP contribution in [0.25, 0.3) is 22.3 Å². The number of hydrogen-bond donors (Lipinski definition) is 0. The summed E-state index contributed by atoms with van der Waals surface area (Å²) >= 11 is 0. The van der Waals surface area contributed by atoms with Crippen molar-refractivity contribution in [2.45, 2.75) is 6.92 Å². The molecule has 6 heteroatoms. The molecular weight excluding hydrogens is 268 g/mol. The molecule has 6 nitrogen and oxygen atoms in total. The second kappa shape index (κ2) is 5.32. The Balaban J connectivity index is 2.13. The lowest BCUT2D eigenvalue weighted by Crippen LogP contribution is -2.07. The molecule has 0 aliphatic rings. The predicted octanol–water partition coefficient (Wildman–Crippen LogP) is 2.21. The monoisotopic (exact) mass is 282 g/mol. The molecule has 1 aromatic carbocycles. The maximum atomic E-state index is 11.7. The minimum atomic E-state index is -0.516. The van der Waals surface area contributed by atoms with Gasteiger partial charge in [-0.25, -0.2) is 14.5 Å². The van der Waals surface area contributed by atoms with Gasteiger partial charge < -0.3 is 4.74 Å². The molecule has 0 spiro atoms. The number of rotatable bonds is 3. The van der Waals surface area contributed by atoms with Crippen molar-refractivity contribution in [3.63, 3.8) is 0 Å². The summed E-state index contributed by atoms with van der Waals surface area (Å²) in [6, 6.07) is 9.63. The zero-order chi connectivity index (χ0) is 14.8. The number of nitrogens with zero attached hydrogens (tertiary/aromatic N) is 4. The van der Waals surface area contributed by atoms with Gasteiger partial charge in [0.15, 0.2) is 5.82 Å². The fourth-order valence-corrected chi connectivity index (χ4v) is 2.19. The highest BCUT2D eigenvalue weighted by atomic mass is 16.5. The van der Waals surface area contributed by atoms with E-state index in [1.807, 2.05) is 30.3 Å². The highest BCUT2D eigenvalue weighted by Crippen LogP contribution is 2.25. The molecule has 0 bridgehead atoms. The quantitative estimate of drug-likeness (QED) is 0.689. The normalized spacial score (nSPS) is 10.8. The second-order valence-electron chi connectivity index (χ2n) is 4.48. The van der Waals surface area contributed by atoms with Gasteiger partial charge in [0, 0.05) is 24.2 Å². The topological polar surface area (TPSA) is 69.9 Å². The van der Waals surface area contributed by atoms with Crippen molar-refractivity contribution in [1.82, 2.24) is 19.7 Å². The molecule has 0 aliphatic carbocycles. The van der Waals surface area contributed by atoms with E-state index in [9.17, 15) is 4.79 Å². The summed E-state index contributed by atoms with van der Waals surface area (Å²) in [6.07, 6.45) is 1.72. The molecule has 0 amide bonds. The number of esters is 1. The van der Waals surface area contributed by atoms with Crippen LogP contribution in [0.2, 0.25) is 0 Å². The van der Waals surface area contributed by atoms with E-state index in [0.29, 0.717) is 12.4 Å². The zero-order valence-electron chi connectivity index (χ0n) is 11.8. The molecule has 2 heterocycles. The molecule has 0 unspecified atom stereocenters. The van der Waals surface area contributed by atoms with Gasteiger partial charge in [-0.1, -0.05) is 18.2 Å². The fraction of sp³-hybridized carbons (Fsp3) is 0.200. The Labute approximate surface area is 121 Å². The minimum Gasteiger partial charge on any atom is -0.460 e. The third-order valence-electron chi connectivity index (χ3n) is 3.11. The van der Waals surface area contributed by atoms with E-state index in [1.54, 1.807) is 24.9 Å². The van der Waals surface area contributed by atoms with Crippen molar-refractivity contribution in [2.24, 2.45) is 7.05 Å². The van der Waals surface area contributed by atoms with Crippen LogP contribution >= 0.6 is 0 Å². The Hall–Kier alpha value is -2.76. The van der Waals surface area contributed by atoms with E-state index in [4.69, 9.17) is 4.74 Å². The first-order valence-electron chi connectivity index (χ1n) is 6.63. The number of carbonyl (C=O) groups is 1.